The lowest BCUT2D eigenvalue weighted by Crippen LogP contribution is -2.12. The van der Waals surface area contributed by atoms with Gasteiger partial charge in [-0.2, -0.15) is 20.7 Å². The zero-order valence-electron chi connectivity index (χ0n) is 18.6. The molecule has 0 unspecified atom stereocenters. The molecule has 2 aromatic carbocycles. The molecule has 0 fully saturated rings. The Labute approximate surface area is 203 Å². The minimum absolute atomic E-state index is 0. The number of aromatic nitrogens is 5. The Hall–Kier alpha value is -5.28. The van der Waals surface area contributed by atoms with E-state index in [1.807, 2.05) is 31.2 Å². The molecule has 9 nitrogen and oxygen atoms in total. The summed E-state index contributed by atoms with van der Waals surface area (Å²) < 4.78 is 1.69. The lowest BCUT2D eigenvalue weighted by atomic mass is 9.98. The molecule has 5 rings (SSSR count). The first-order valence-corrected chi connectivity index (χ1v) is 10.7. The van der Waals surface area contributed by atoms with E-state index in [-0.39, 0.29) is 14.5 Å². The molecule has 0 aliphatic carbocycles. The zero-order chi connectivity index (χ0) is 24.4. The van der Waals surface area contributed by atoms with E-state index in [4.69, 9.17) is 10.5 Å². The molecule has 5 aromatic rings. The summed E-state index contributed by atoms with van der Waals surface area (Å²) in [5.41, 5.74) is 6.15. The molecule has 0 atom stereocenters. The predicted molar refractivity (Wildman–Crippen MR) is 133 cm³/mol. The SMILES string of the molecule is Cc1cc2c(C(=O)Nc3cnn(Cc4cccc(C#N)c4)c3)n[nH]c2cc1-c1cncc(C#N)c1.[HH].[HH]. The fourth-order valence-electron chi connectivity index (χ4n) is 3.94. The Balaban J connectivity index is 0.00000190. The highest BCUT2D eigenvalue weighted by atomic mass is 16.2. The number of carbonyl (C=O) groups is 1. The number of H-pyrrole nitrogens is 1. The lowest BCUT2D eigenvalue weighted by molar-refractivity contribution is 0.102. The summed E-state index contributed by atoms with van der Waals surface area (Å²) >= 11 is 0. The van der Waals surface area contributed by atoms with Crippen molar-refractivity contribution in [2.24, 2.45) is 0 Å². The Kier molecular flexibility index (Phi) is 5.50. The van der Waals surface area contributed by atoms with E-state index in [2.05, 4.69) is 37.7 Å². The van der Waals surface area contributed by atoms with Gasteiger partial charge in [-0.25, -0.2) is 0 Å². The molecule has 35 heavy (non-hydrogen) atoms. The Morgan fingerprint density at radius 2 is 1.97 bits per heavy atom. The molecule has 0 spiro atoms. The van der Waals surface area contributed by atoms with Crippen molar-refractivity contribution in [1.29, 1.82) is 10.5 Å². The van der Waals surface area contributed by atoms with Crippen molar-refractivity contribution in [3.05, 3.63) is 95.2 Å². The summed E-state index contributed by atoms with van der Waals surface area (Å²) in [5.74, 6) is -0.359. The van der Waals surface area contributed by atoms with Crippen molar-refractivity contribution in [3.8, 4) is 23.3 Å². The highest BCUT2D eigenvalue weighted by Crippen LogP contribution is 2.29. The number of aryl methyl sites for hydroxylation is 1. The van der Waals surface area contributed by atoms with Crippen molar-refractivity contribution < 1.29 is 7.65 Å². The van der Waals surface area contributed by atoms with Crippen molar-refractivity contribution in [1.82, 2.24) is 25.0 Å². The number of anilines is 1. The van der Waals surface area contributed by atoms with Gasteiger partial charge in [0.25, 0.3) is 5.91 Å². The van der Waals surface area contributed by atoms with Crippen LogP contribution in [0.2, 0.25) is 0 Å². The van der Waals surface area contributed by atoms with E-state index in [0.717, 1.165) is 22.3 Å². The average Bonchev–Trinajstić information content (AvgIpc) is 3.49. The zero-order valence-corrected chi connectivity index (χ0v) is 18.6. The van der Waals surface area contributed by atoms with Gasteiger partial charge in [-0.1, -0.05) is 12.1 Å². The van der Waals surface area contributed by atoms with E-state index >= 15 is 0 Å². The number of benzene rings is 2. The maximum absolute atomic E-state index is 13.0. The number of rotatable bonds is 5. The second-order valence-electron chi connectivity index (χ2n) is 8.05. The molecule has 3 heterocycles. The molecule has 0 saturated heterocycles. The van der Waals surface area contributed by atoms with Crippen LogP contribution in [-0.2, 0) is 6.54 Å². The summed E-state index contributed by atoms with van der Waals surface area (Å²) in [7, 11) is 0. The topological polar surface area (TPSA) is 136 Å². The van der Waals surface area contributed by atoms with Crippen LogP contribution in [-0.4, -0.2) is 30.9 Å². The molecule has 2 N–H and O–H groups in total. The molecule has 0 aliphatic heterocycles. The molecule has 3 aromatic heterocycles. The molecular weight excluding hydrogens is 440 g/mol. The number of amides is 1. The van der Waals surface area contributed by atoms with Crippen LogP contribution in [0.15, 0.2) is 67.3 Å². The fraction of sp³-hybridized carbons (Fsp3) is 0.0769. The Morgan fingerprint density at radius 1 is 1.11 bits per heavy atom. The molecule has 172 valence electrons. The van der Waals surface area contributed by atoms with Crippen LogP contribution >= 0.6 is 0 Å². The number of hydrogen-bond donors (Lipinski definition) is 2. The summed E-state index contributed by atoms with van der Waals surface area (Å²) in [6.07, 6.45) is 6.51. The fourth-order valence-corrected chi connectivity index (χ4v) is 3.94. The van der Waals surface area contributed by atoms with E-state index in [1.54, 1.807) is 41.5 Å². The quantitative estimate of drug-likeness (QED) is 0.390. The summed E-state index contributed by atoms with van der Waals surface area (Å²) in [4.78, 5) is 17.1. The van der Waals surface area contributed by atoms with Gasteiger partial charge >= 0.3 is 0 Å². The van der Waals surface area contributed by atoms with E-state index < -0.39 is 0 Å². The normalized spacial score (nSPS) is 10.6. The smallest absolute Gasteiger partial charge is 0.276 e. The minimum Gasteiger partial charge on any atom is -0.318 e. The summed E-state index contributed by atoms with van der Waals surface area (Å²) in [5, 5.41) is 33.2. The predicted octanol–water partition coefficient (Wildman–Crippen LogP) is 4.67. The monoisotopic (exact) mass is 462 g/mol. The summed E-state index contributed by atoms with van der Waals surface area (Å²) in [6, 6.07) is 17.1. The first-order chi connectivity index (χ1) is 17.0. The third kappa shape index (κ3) is 4.34. The Bertz CT molecular complexity index is 1680. The van der Waals surface area contributed by atoms with Gasteiger partial charge in [0.15, 0.2) is 5.69 Å². The van der Waals surface area contributed by atoms with E-state index in [1.165, 1.54) is 6.20 Å². The molecule has 0 radical (unpaired) electrons. The van der Waals surface area contributed by atoms with Crippen LogP contribution in [0.4, 0.5) is 5.69 Å². The van der Waals surface area contributed by atoms with Crippen LogP contribution in [0.5, 0.6) is 0 Å². The number of nitrogens with one attached hydrogen (secondary N) is 2. The second kappa shape index (κ2) is 8.93. The number of nitrogens with zero attached hydrogens (tertiary/aromatic N) is 6. The van der Waals surface area contributed by atoms with Gasteiger partial charge in [-0.05, 0) is 53.9 Å². The number of aromatic amines is 1. The van der Waals surface area contributed by atoms with Gasteiger partial charge in [-0.15, -0.1) is 0 Å². The largest absolute Gasteiger partial charge is 0.318 e. The van der Waals surface area contributed by atoms with Gasteiger partial charge in [-0.3, -0.25) is 19.6 Å². The first kappa shape index (κ1) is 21.6. The highest BCUT2D eigenvalue weighted by Gasteiger charge is 2.17. The number of fused-ring (bicyclic) bond motifs is 1. The molecule has 0 aliphatic rings. The van der Waals surface area contributed by atoms with Crippen LogP contribution in [0.1, 0.15) is 35.6 Å². The summed E-state index contributed by atoms with van der Waals surface area (Å²) in [6.45, 7) is 2.41. The van der Waals surface area contributed by atoms with Gasteiger partial charge < -0.3 is 5.32 Å². The first-order valence-electron chi connectivity index (χ1n) is 10.7. The lowest BCUT2D eigenvalue weighted by Gasteiger charge is -2.07. The van der Waals surface area contributed by atoms with Crippen LogP contribution in [0.25, 0.3) is 22.0 Å². The molecule has 9 heteroatoms. The average molecular weight is 463 g/mol. The van der Waals surface area contributed by atoms with Crippen LogP contribution in [0.3, 0.4) is 0 Å². The number of pyridine rings is 1. The standard InChI is InChI=1S/C26H18N8O.2H2/c1-16-5-23-24(8-22(16)20-7-19(10-28)11-29-12-20)32-33-25(23)26(35)31-21-13-30-34(15-21)14-18-4-2-3-17(6-18)9-27;;/h2-8,11-13,15H,14H2,1H3,(H,31,35)(H,32,33);2*1H. The maximum atomic E-state index is 13.0. The van der Waals surface area contributed by atoms with Gasteiger partial charge in [0.1, 0.15) is 6.07 Å². The van der Waals surface area contributed by atoms with Crippen LogP contribution < -0.4 is 5.32 Å². The molecular formula is C26H22N8O. The number of nitriles is 2. The van der Waals surface area contributed by atoms with Crippen molar-refractivity contribution in [2.75, 3.05) is 5.32 Å². The third-order valence-electron chi connectivity index (χ3n) is 5.59. The van der Waals surface area contributed by atoms with E-state index in [9.17, 15) is 4.79 Å². The van der Waals surface area contributed by atoms with E-state index in [0.29, 0.717) is 34.3 Å². The number of hydrogen-bond acceptors (Lipinski definition) is 6. The Morgan fingerprint density at radius 3 is 2.80 bits per heavy atom. The molecule has 0 bridgehead atoms. The van der Waals surface area contributed by atoms with Gasteiger partial charge in [0, 0.05) is 32.4 Å². The highest BCUT2D eigenvalue weighted by molar-refractivity contribution is 6.11. The second-order valence-corrected chi connectivity index (χ2v) is 8.05. The van der Waals surface area contributed by atoms with Crippen molar-refractivity contribution >= 4 is 22.5 Å². The van der Waals surface area contributed by atoms with Crippen molar-refractivity contribution in [2.45, 2.75) is 13.5 Å². The number of carbonyl (C=O) groups excluding carboxylic acids is 1. The van der Waals surface area contributed by atoms with Gasteiger partial charge in [0.2, 0.25) is 0 Å². The van der Waals surface area contributed by atoms with Gasteiger partial charge in [0.05, 0.1) is 41.1 Å². The van der Waals surface area contributed by atoms with Crippen molar-refractivity contribution in [3.63, 3.8) is 0 Å². The molecule has 1 amide bonds. The third-order valence-corrected chi connectivity index (χ3v) is 5.59. The maximum Gasteiger partial charge on any atom is 0.276 e. The molecule has 0 saturated carbocycles. The minimum atomic E-state index is -0.359. The van der Waals surface area contributed by atoms with Crippen LogP contribution in [0, 0.1) is 29.6 Å².